The van der Waals surface area contributed by atoms with Crippen LogP contribution in [0.15, 0.2) is 36.7 Å². The van der Waals surface area contributed by atoms with Crippen molar-refractivity contribution in [3.05, 3.63) is 52.8 Å². The van der Waals surface area contributed by atoms with Gasteiger partial charge in [-0.1, -0.05) is 23.6 Å². The minimum absolute atomic E-state index is 0.113. The second-order valence-electron chi connectivity index (χ2n) is 4.42. The lowest BCUT2D eigenvalue weighted by atomic mass is 10.2. The lowest BCUT2D eigenvalue weighted by molar-refractivity contribution is 0.0556. The number of nitrogens with zero attached hydrogens (tertiary/aromatic N) is 1. The lowest BCUT2D eigenvalue weighted by Crippen LogP contribution is -2.07. The Labute approximate surface area is 139 Å². The molecule has 0 atom stereocenters. The van der Waals surface area contributed by atoms with Crippen molar-refractivity contribution in [3.63, 3.8) is 0 Å². The highest BCUT2D eigenvalue weighted by Crippen LogP contribution is 2.37. The van der Waals surface area contributed by atoms with Gasteiger partial charge in [0, 0.05) is 18.0 Å². The Bertz CT molecular complexity index is 725. The third-order valence-electron chi connectivity index (χ3n) is 2.86. The molecule has 1 heterocycles. The average molecular weight is 332 g/mol. The van der Waals surface area contributed by atoms with Crippen LogP contribution in [-0.2, 0) is 11.3 Å². The quantitative estimate of drug-likeness (QED) is 0.601. The van der Waals surface area contributed by atoms with Gasteiger partial charge >= 0.3 is 5.97 Å². The maximum atomic E-state index is 11.8. The van der Waals surface area contributed by atoms with Gasteiger partial charge in [-0.25, -0.2) is 4.79 Å². The smallest absolute Gasteiger partial charge is 0.339 e. The first-order chi connectivity index (χ1) is 11.2. The third kappa shape index (κ3) is 4.38. The normalized spacial score (nSPS) is 9.78. The first-order valence-corrected chi connectivity index (χ1v) is 7.03. The largest absolute Gasteiger partial charge is 0.493 e. The average Bonchev–Trinajstić information content (AvgIpc) is 2.58. The van der Waals surface area contributed by atoms with Gasteiger partial charge in [-0.2, -0.15) is 0 Å². The number of hydrogen-bond acceptors (Lipinski definition) is 5. The van der Waals surface area contributed by atoms with E-state index < -0.39 is 5.97 Å². The first kappa shape index (κ1) is 16.7. The predicted molar refractivity (Wildman–Crippen MR) is 85.7 cm³/mol. The fourth-order valence-electron chi connectivity index (χ4n) is 1.81. The molecule has 5 nitrogen and oxygen atoms in total. The van der Waals surface area contributed by atoms with Gasteiger partial charge in [-0.3, -0.25) is 4.98 Å². The molecule has 1 aromatic carbocycles. The number of esters is 1. The second kappa shape index (κ2) is 8.06. The summed E-state index contributed by atoms with van der Waals surface area (Å²) in [7, 11) is 1.46. The van der Waals surface area contributed by atoms with E-state index in [0.717, 1.165) is 5.56 Å². The summed E-state index contributed by atoms with van der Waals surface area (Å²) in [5.74, 6) is 2.31. The van der Waals surface area contributed by atoms with Crippen molar-refractivity contribution in [2.45, 2.75) is 6.61 Å². The van der Waals surface area contributed by atoms with E-state index in [4.69, 9.17) is 32.2 Å². The zero-order valence-electron chi connectivity index (χ0n) is 12.4. The molecule has 0 saturated heterocycles. The Morgan fingerprint density at radius 1 is 1.43 bits per heavy atom. The van der Waals surface area contributed by atoms with Crippen molar-refractivity contribution in [1.29, 1.82) is 0 Å². The molecule has 0 unspecified atom stereocenters. The summed E-state index contributed by atoms with van der Waals surface area (Å²) >= 11 is 6.19. The van der Waals surface area contributed by atoms with Crippen LogP contribution in [-0.4, -0.2) is 24.7 Å². The molecule has 6 heteroatoms. The van der Waals surface area contributed by atoms with Crippen LogP contribution in [0.3, 0.4) is 0 Å². The van der Waals surface area contributed by atoms with Crippen LogP contribution >= 0.6 is 11.6 Å². The zero-order valence-corrected chi connectivity index (χ0v) is 13.2. The Kier molecular flexibility index (Phi) is 5.84. The Hall–Kier alpha value is -2.71. The van der Waals surface area contributed by atoms with Gasteiger partial charge in [0.25, 0.3) is 0 Å². The van der Waals surface area contributed by atoms with Gasteiger partial charge in [0.15, 0.2) is 18.1 Å². The van der Waals surface area contributed by atoms with Gasteiger partial charge < -0.3 is 14.2 Å². The van der Waals surface area contributed by atoms with Crippen molar-refractivity contribution in [2.24, 2.45) is 0 Å². The second-order valence-corrected chi connectivity index (χ2v) is 4.83. The molecule has 23 heavy (non-hydrogen) atoms. The zero-order chi connectivity index (χ0) is 16.7. The van der Waals surface area contributed by atoms with E-state index in [-0.39, 0.29) is 23.8 Å². The summed E-state index contributed by atoms with van der Waals surface area (Å²) in [6.07, 6.45) is 8.42. The van der Waals surface area contributed by atoms with Crippen molar-refractivity contribution >= 4 is 17.6 Å². The van der Waals surface area contributed by atoms with E-state index in [1.54, 1.807) is 12.4 Å². The molecular weight excluding hydrogens is 318 g/mol. The molecule has 0 spiro atoms. The molecule has 0 fully saturated rings. The maximum Gasteiger partial charge on any atom is 0.339 e. The topological polar surface area (TPSA) is 57.7 Å². The van der Waals surface area contributed by atoms with E-state index >= 15 is 0 Å². The molecule has 118 valence electrons. The highest BCUT2D eigenvalue weighted by atomic mass is 35.5. The number of rotatable bonds is 6. The molecule has 0 aliphatic rings. The predicted octanol–water partition coefficient (Wildman–Crippen LogP) is 3.11. The number of halogens is 1. The molecule has 0 radical (unpaired) electrons. The van der Waals surface area contributed by atoms with Gasteiger partial charge in [0.1, 0.15) is 6.61 Å². The molecule has 0 N–H and O–H groups in total. The first-order valence-electron chi connectivity index (χ1n) is 6.65. The van der Waals surface area contributed by atoms with Gasteiger partial charge in [-0.15, -0.1) is 6.42 Å². The number of terminal acetylenes is 1. The van der Waals surface area contributed by atoms with Crippen LogP contribution in [0, 0.1) is 12.3 Å². The van der Waals surface area contributed by atoms with E-state index in [1.807, 2.05) is 12.1 Å². The van der Waals surface area contributed by atoms with Gasteiger partial charge in [0.2, 0.25) is 0 Å². The van der Waals surface area contributed by atoms with Crippen LogP contribution in [0.5, 0.6) is 11.5 Å². The number of methoxy groups -OCH3 is 1. The Morgan fingerprint density at radius 2 is 2.26 bits per heavy atom. The van der Waals surface area contributed by atoms with Crippen LogP contribution in [0.2, 0.25) is 5.02 Å². The van der Waals surface area contributed by atoms with Crippen LogP contribution in [0.1, 0.15) is 15.9 Å². The molecule has 1 aromatic heterocycles. The molecule has 0 saturated carbocycles. The highest BCUT2D eigenvalue weighted by Gasteiger charge is 2.17. The minimum Gasteiger partial charge on any atom is -0.493 e. The van der Waals surface area contributed by atoms with E-state index in [9.17, 15) is 4.79 Å². The van der Waals surface area contributed by atoms with Crippen LogP contribution in [0.25, 0.3) is 0 Å². The summed E-state index contributed by atoms with van der Waals surface area (Å²) in [5, 5.41) is 0.237. The van der Waals surface area contributed by atoms with E-state index in [1.165, 1.54) is 19.2 Å². The summed E-state index contributed by atoms with van der Waals surface area (Å²) < 4.78 is 15.8. The molecular formula is C17H14ClNO4. The number of aromatic nitrogens is 1. The van der Waals surface area contributed by atoms with E-state index in [2.05, 4.69) is 10.9 Å². The highest BCUT2D eigenvalue weighted by molar-refractivity contribution is 6.32. The Morgan fingerprint density at radius 3 is 2.91 bits per heavy atom. The number of pyridine rings is 1. The molecule has 0 bridgehead atoms. The molecule has 0 aliphatic carbocycles. The standard InChI is InChI=1S/C17H14ClNO4/c1-3-7-22-17(20)13-8-14(18)16(15(9-13)21-2)23-11-12-5-4-6-19-10-12/h1,4-6,8-10H,7,11H2,2H3. The lowest BCUT2D eigenvalue weighted by Gasteiger charge is -2.13. The SMILES string of the molecule is C#CCOC(=O)c1cc(Cl)c(OCc2cccnc2)c(OC)c1. The number of carbonyl (C=O) groups excluding carboxylic acids is 1. The van der Waals surface area contributed by atoms with Crippen molar-refractivity contribution in [2.75, 3.05) is 13.7 Å². The number of carbonyl (C=O) groups is 1. The van der Waals surface area contributed by atoms with Crippen LogP contribution < -0.4 is 9.47 Å². The summed E-state index contributed by atoms with van der Waals surface area (Å²) in [6.45, 7) is 0.156. The minimum atomic E-state index is -0.582. The summed E-state index contributed by atoms with van der Waals surface area (Å²) in [4.78, 5) is 15.8. The third-order valence-corrected chi connectivity index (χ3v) is 3.14. The number of benzene rings is 1. The number of ether oxygens (including phenoxy) is 3. The van der Waals surface area contributed by atoms with Gasteiger partial charge in [0.05, 0.1) is 17.7 Å². The summed E-state index contributed by atoms with van der Waals surface area (Å²) in [5.41, 5.74) is 1.11. The van der Waals surface area contributed by atoms with Crippen molar-refractivity contribution in [3.8, 4) is 23.8 Å². The molecule has 2 rings (SSSR count). The monoisotopic (exact) mass is 331 g/mol. The van der Waals surface area contributed by atoms with Crippen LogP contribution in [0.4, 0.5) is 0 Å². The fraction of sp³-hybridized carbons (Fsp3) is 0.176. The Balaban J connectivity index is 2.20. The fourth-order valence-corrected chi connectivity index (χ4v) is 2.07. The molecule has 0 amide bonds. The number of hydrogen-bond donors (Lipinski definition) is 0. The van der Waals surface area contributed by atoms with E-state index in [0.29, 0.717) is 11.5 Å². The molecule has 0 aliphatic heterocycles. The summed E-state index contributed by atoms with van der Waals surface area (Å²) in [6, 6.07) is 6.62. The van der Waals surface area contributed by atoms with Gasteiger partial charge in [-0.05, 0) is 18.2 Å². The van der Waals surface area contributed by atoms with Crippen molar-refractivity contribution < 1.29 is 19.0 Å². The molecule has 2 aromatic rings. The van der Waals surface area contributed by atoms with Crippen molar-refractivity contribution in [1.82, 2.24) is 4.98 Å². The maximum absolute atomic E-state index is 11.8.